The van der Waals surface area contributed by atoms with Crippen LogP contribution in [-0.2, 0) is 14.4 Å². The SMILES string of the molecule is O=C(CCN1C(=O)[C@H]2CC=CC[C@@H]2C1=O)Oc1cccc(Cl)c1. The van der Waals surface area contributed by atoms with E-state index in [2.05, 4.69) is 0 Å². The van der Waals surface area contributed by atoms with Gasteiger partial charge < -0.3 is 4.74 Å². The Kier molecular flexibility index (Phi) is 4.48. The third kappa shape index (κ3) is 3.29. The van der Waals surface area contributed by atoms with Gasteiger partial charge in [-0.1, -0.05) is 29.8 Å². The van der Waals surface area contributed by atoms with E-state index in [9.17, 15) is 14.4 Å². The maximum atomic E-state index is 12.3. The highest BCUT2D eigenvalue weighted by atomic mass is 35.5. The molecule has 2 aliphatic rings. The average Bonchev–Trinajstić information content (AvgIpc) is 2.77. The zero-order valence-corrected chi connectivity index (χ0v) is 13.2. The molecule has 1 aromatic rings. The fourth-order valence-electron chi connectivity index (χ4n) is 3.01. The van der Waals surface area contributed by atoms with E-state index >= 15 is 0 Å². The van der Waals surface area contributed by atoms with E-state index in [1.54, 1.807) is 18.2 Å². The highest BCUT2D eigenvalue weighted by Gasteiger charge is 2.46. The Balaban J connectivity index is 1.57. The van der Waals surface area contributed by atoms with Crippen LogP contribution in [0.5, 0.6) is 5.75 Å². The number of allylic oxidation sites excluding steroid dienone is 2. The number of nitrogens with zero attached hydrogens (tertiary/aromatic N) is 1. The molecule has 0 saturated carbocycles. The monoisotopic (exact) mass is 333 g/mol. The van der Waals surface area contributed by atoms with Crippen LogP contribution in [0.25, 0.3) is 0 Å². The first-order valence-electron chi connectivity index (χ1n) is 7.52. The lowest BCUT2D eigenvalue weighted by atomic mass is 9.85. The van der Waals surface area contributed by atoms with Gasteiger partial charge in [-0.2, -0.15) is 0 Å². The van der Waals surface area contributed by atoms with Crippen LogP contribution < -0.4 is 4.74 Å². The minimum atomic E-state index is -0.499. The number of rotatable bonds is 4. The van der Waals surface area contributed by atoms with Crippen LogP contribution >= 0.6 is 11.6 Å². The molecule has 0 aromatic heterocycles. The minimum Gasteiger partial charge on any atom is -0.426 e. The van der Waals surface area contributed by atoms with E-state index in [1.807, 2.05) is 12.2 Å². The lowest BCUT2D eigenvalue weighted by Crippen LogP contribution is -2.33. The summed E-state index contributed by atoms with van der Waals surface area (Å²) >= 11 is 5.82. The summed E-state index contributed by atoms with van der Waals surface area (Å²) in [5.74, 6) is -1.05. The van der Waals surface area contributed by atoms with Crippen molar-refractivity contribution in [1.29, 1.82) is 0 Å². The van der Waals surface area contributed by atoms with Crippen molar-refractivity contribution in [2.45, 2.75) is 19.3 Å². The first-order chi connectivity index (χ1) is 11.1. The Morgan fingerprint density at radius 1 is 1.17 bits per heavy atom. The molecule has 1 saturated heterocycles. The maximum absolute atomic E-state index is 12.3. The molecule has 120 valence electrons. The molecule has 23 heavy (non-hydrogen) atoms. The molecule has 1 aromatic carbocycles. The number of halogens is 1. The van der Waals surface area contributed by atoms with E-state index in [-0.39, 0.29) is 36.6 Å². The number of carbonyl (C=O) groups excluding carboxylic acids is 3. The Labute approximate surface area is 138 Å². The minimum absolute atomic E-state index is 0.0309. The zero-order valence-electron chi connectivity index (χ0n) is 12.4. The first kappa shape index (κ1) is 15.7. The Bertz CT molecular complexity index is 659. The predicted octanol–water partition coefficient (Wildman–Crippen LogP) is 2.59. The zero-order chi connectivity index (χ0) is 16.4. The summed E-state index contributed by atoms with van der Waals surface area (Å²) in [6.07, 6.45) is 5.03. The molecule has 0 unspecified atom stereocenters. The molecule has 2 amide bonds. The van der Waals surface area contributed by atoms with Crippen LogP contribution in [0.3, 0.4) is 0 Å². The number of ether oxygens (including phenoxy) is 1. The van der Waals surface area contributed by atoms with E-state index in [0.717, 1.165) is 0 Å². The molecular formula is C17H16ClNO4. The second kappa shape index (κ2) is 6.54. The van der Waals surface area contributed by atoms with Crippen LogP contribution in [0.4, 0.5) is 0 Å². The van der Waals surface area contributed by atoms with Gasteiger partial charge in [0.25, 0.3) is 0 Å². The number of imide groups is 1. The molecular weight excluding hydrogens is 318 g/mol. The van der Waals surface area contributed by atoms with Gasteiger partial charge >= 0.3 is 5.97 Å². The van der Waals surface area contributed by atoms with Crippen LogP contribution in [0.15, 0.2) is 36.4 Å². The highest BCUT2D eigenvalue weighted by Crippen LogP contribution is 2.35. The van der Waals surface area contributed by atoms with Gasteiger partial charge in [0.2, 0.25) is 11.8 Å². The third-order valence-electron chi connectivity index (χ3n) is 4.17. The van der Waals surface area contributed by atoms with E-state index in [4.69, 9.17) is 16.3 Å². The lowest BCUT2D eigenvalue weighted by Gasteiger charge is -2.14. The molecule has 6 heteroatoms. The van der Waals surface area contributed by atoms with E-state index < -0.39 is 5.97 Å². The van der Waals surface area contributed by atoms with Crippen molar-refractivity contribution >= 4 is 29.4 Å². The van der Waals surface area contributed by atoms with Gasteiger partial charge in [0.1, 0.15) is 5.75 Å². The van der Waals surface area contributed by atoms with Gasteiger partial charge in [-0.3, -0.25) is 19.3 Å². The Hall–Kier alpha value is -2.14. The van der Waals surface area contributed by atoms with Gasteiger partial charge in [-0.15, -0.1) is 0 Å². The number of esters is 1. The van der Waals surface area contributed by atoms with Crippen molar-refractivity contribution in [1.82, 2.24) is 4.90 Å². The molecule has 1 fully saturated rings. The Morgan fingerprint density at radius 3 is 2.43 bits per heavy atom. The topological polar surface area (TPSA) is 63.7 Å². The second-order valence-electron chi connectivity index (χ2n) is 5.67. The number of carbonyl (C=O) groups is 3. The van der Waals surface area contributed by atoms with Crippen molar-refractivity contribution in [3.8, 4) is 5.75 Å². The quantitative estimate of drug-likeness (QED) is 0.368. The average molecular weight is 334 g/mol. The lowest BCUT2D eigenvalue weighted by molar-refractivity contribution is -0.141. The Morgan fingerprint density at radius 2 is 1.83 bits per heavy atom. The molecule has 1 aliphatic heterocycles. The van der Waals surface area contributed by atoms with Gasteiger partial charge in [0.05, 0.1) is 18.3 Å². The molecule has 3 rings (SSSR count). The summed E-state index contributed by atoms with van der Waals surface area (Å²) in [6.45, 7) is 0.0596. The van der Waals surface area contributed by atoms with Crippen molar-refractivity contribution in [3.05, 3.63) is 41.4 Å². The highest BCUT2D eigenvalue weighted by molar-refractivity contribution is 6.30. The summed E-state index contributed by atoms with van der Waals surface area (Å²) in [7, 11) is 0. The first-order valence-corrected chi connectivity index (χ1v) is 7.90. The van der Waals surface area contributed by atoms with E-state index in [1.165, 1.54) is 11.0 Å². The van der Waals surface area contributed by atoms with Gasteiger partial charge in [-0.05, 0) is 31.0 Å². The second-order valence-corrected chi connectivity index (χ2v) is 6.10. The van der Waals surface area contributed by atoms with Gasteiger partial charge in [-0.25, -0.2) is 0 Å². The number of amides is 2. The fourth-order valence-corrected chi connectivity index (χ4v) is 3.19. The molecule has 5 nitrogen and oxygen atoms in total. The van der Waals surface area contributed by atoms with Crippen molar-refractivity contribution in [3.63, 3.8) is 0 Å². The smallest absolute Gasteiger partial charge is 0.312 e. The normalized spacial score (nSPS) is 23.1. The molecule has 0 spiro atoms. The van der Waals surface area contributed by atoms with E-state index in [0.29, 0.717) is 23.6 Å². The molecule has 2 atom stereocenters. The number of benzene rings is 1. The summed E-state index contributed by atoms with van der Waals surface area (Å²) in [4.78, 5) is 37.6. The summed E-state index contributed by atoms with van der Waals surface area (Å²) < 4.78 is 5.16. The molecule has 1 aliphatic carbocycles. The summed E-state index contributed by atoms with van der Waals surface area (Å²) in [6, 6.07) is 6.51. The number of hydrogen-bond acceptors (Lipinski definition) is 4. The molecule has 0 N–H and O–H groups in total. The van der Waals surface area contributed by atoms with Gasteiger partial charge in [0.15, 0.2) is 0 Å². The standard InChI is InChI=1S/C17H16ClNO4/c18-11-4-3-5-12(10-11)23-15(20)8-9-19-16(21)13-6-1-2-7-14(13)17(19)22/h1-5,10,13-14H,6-9H2/t13-,14-/m0/s1. The van der Waals surface area contributed by atoms with Crippen LogP contribution in [0.2, 0.25) is 5.02 Å². The summed E-state index contributed by atoms with van der Waals surface area (Å²) in [5.41, 5.74) is 0. The molecule has 1 heterocycles. The molecule has 0 bridgehead atoms. The van der Waals surface area contributed by atoms with Crippen LogP contribution in [-0.4, -0.2) is 29.2 Å². The predicted molar refractivity (Wildman–Crippen MR) is 83.8 cm³/mol. The van der Waals surface area contributed by atoms with Crippen LogP contribution in [0.1, 0.15) is 19.3 Å². The maximum Gasteiger partial charge on any atom is 0.312 e. The fraction of sp³-hybridized carbons (Fsp3) is 0.353. The van der Waals surface area contributed by atoms with Crippen molar-refractivity contribution < 1.29 is 19.1 Å². The number of hydrogen-bond donors (Lipinski definition) is 0. The van der Waals surface area contributed by atoms with Crippen molar-refractivity contribution in [2.75, 3.05) is 6.54 Å². The van der Waals surface area contributed by atoms with Crippen molar-refractivity contribution in [2.24, 2.45) is 11.8 Å². The number of likely N-dealkylation sites (tertiary alicyclic amines) is 1. The summed E-state index contributed by atoms with van der Waals surface area (Å²) in [5, 5.41) is 0.469. The molecule has 0 radical (unpaired) electrons. The number of fused-ring (bicyclic) bond motifs is 1. The van der Waals surface area contributed by atoms with Crippen LogP contribution in [0, 0.1) is 11.8 Å². The third-order valence-corrected chi connectivity index (χ3v) is 4.40. The largest absolute Gasteiger partial charge is 0.426 e. The van der Waals surface area contributed by atoms with Gasteiger partial charge in [0, 0.05) is 11.6 Å².